The van der Waals surface area contributed by atoms with Crippen LogP contribution in [-0.2, 0) is 9.53 Å². The summed E-state index contributed by atoms with van der Waals surface area (Å²) in [7, 11) is 0. The lowest BCUT2D eigenvalue weighted by molar-refractivity contribution is -0.118. The number of alkyl carbamates (subject to hydrolysis) is 1. The van der Waals surface area contributed by atoms with E-state index in [2.05, 4.69) is 28.9 Å². The number of nitrogens with one attached hydrogen (secondary N) is 3. The standard InChI is InChI=1S/C28H38N4O4/c1-6-25(33)32-19(2)18-23(22-10-7-8-11-24(22)32)31-21-14-12-20(13-15-21)26(34)29-16-9-17-30-27(35)36-28(3,4)5/h7-8,10-15,19,23,31H,6,9,16-18H2,1-5H3,(H,29,34)(H,30,35)/t19-,23+/m0/s1. The largest absolute Gasteiger partial charge is 0.444 e. The van der Waals surface area contributed by atoms with Gasteiger partial charge in [0.1, 0.15) is 5.60 Å². The number of para-hydroxylation sites is 1. The number of anilines is 2. The Morgan fingerprint density at radius 1 is 1.00 bits per heavy atom. The second-order valence-electron chi connectivity index (χ2n) is 10.1. The Morgan fingerprint density at radius 2 is 1.67 bits per heavy atom. The maximum atomic E-state index is 12.5. The first-order valence-corrected chi connectivity index (χ1v) is 12.6. The summed E-state index contributed by atoms with van der Waals surface area (Å²) < 4.78 is 5.19. The van der Waals surface area contributed by atoms with Crippen molar-refractivity contribution in [1.29, 1.82) is 0 Å². The highest BCUT2D eigenvalue weighted by molar-refractivity contribution is 5.95. The summed E-state index contributed by atoms with van der Waals surface area (Å²) in [5.41, 5.74) is 3.00. The minimum absolute atomic E-state index is 0.0641. The SMILES string of the molecule is CCC(=O)N1c2ccccc2[C@H](Nc2ccc(C(=O)NCCCNC(=O)OC(C)(C)C)cc2)C[C@@H]1C. The van der Waals surface area contributed by atoms with Gasteiger partial charge >= 0.3 is 6.09 Å². The predicted octanol–water partition coefficient (Wildman–Crippen LogP) is 5.02. The molecule has 0 aliphatic carbocycles. The van der Waals surface area contributed by atoms with Crippen LogP contribution in [0.1, 0.15) is 75.8 Å². The lowest BCUT2D eigenvalue weighted by atomic mass is 9.91. The fourth-order valence-corrected chi connectivity index (χ4v) is 4.32. The number of fused-ring (bicyclic) bond motifs is 1. The predicted molar refractivity (Wildman–Crippen MR) is 142 cm³/mol. The Bertz CT molecular complexity index is 1060. The maximum absolute atomic E-state index is 12.5. The van der Waals surface area contributed by atoms with Crippen LogP contribution in [0.5, 0.6) is 0 Å². The molecule has 3 N–H and O–H groups in total. The van der Waals surface area contributed by atoms with Gasteiger partial charge in [-0.3, -0.25) is 9.59 Å². The van der Waals surface area contributed by atoms with Crippen LogP contribution in [0.3, 0.4) is 0 Å². The number of ether oxygens (including phenoxy) is 1. The van der Waals surface area contributed by atoms with E-state index >= 15 is 0 Å². The molecule has 8 heteroatoms. The Hall–Kier alpha value is -3.55. The van der Waals surface area contributed by atoms with Crippen molar-refractivity contribution >= 4 is 29.3 Å². The van der Waals surface area contributed by atoms with Crippen LogP contribution < -0.4 is 20.9 Å². The van der Waals surface area contributed by atoms with E-state index in [1.807, 2.05) is 62.9 Å². The molecule has 194 valence electrons. The van der Waals surface area contributed by atoms with E-state index < -0.39 is 11.7 Å². The van der Waals surface area contributed by atoms with E-state index in [1.54, 1.807) is 12.1 Å². The topological polar surface area (TPSA) is 99.8 Å². The van der Waals surface area contributed by atoms with E-state index in [1.165, 1.54) is 0 Å². The minimum atomic E-state index is -0.535. The molecule has 2 aromatic carbocycles. The average molecular weight is 495 g/mol. The van der Waals surface area contributed by atoms with Gasteiger partial charge in [0.2, 0.25) is 5.91 Å². The zero-order valence-electron chi connectivity index (χ0n) is 21.9. The molecule has 3 amide bonds. The van der Waals surface area contributed by atoms with Gasteiger partial charge in [0.25, 0.3) is 5.91 Å². The third kappa shape index (κ3) is 7.23. The first kappa shape index (κ1) is 27.0. The molecule has 0 radical (unpaired) electrons. The molecule has 0 saturated carbocycles. The molecule has 0 fully saturated rings. The van der Waals surface area contributed by atoms with Crippen LogP contribution in [-0.4, -0.2) is 42.6 Å². The quantitative estimate of drug-likeness (QED) is 0.448. The van der Waals surface area contributed by atoms with Crippen molar-refractivity contribution in [3.05, 3.63) is 59.7 Å². The number of hydrogen-bond donors (Lipinski definition) is 3. The number of nitrogens with zero attached hydrogens (tertiary/aromatic N) is 1. The van der Waals surface area contributed by atoms with Crippen molar-refractivity contribution in [2.45, 2.75) is 71.6 Å². The summed E-state index contributed by atoms with van der Waals surface area (Å²) >= 11 is 0. The van der Waals surface area contributed by atoms with Gasteiger partial charge in [-0.15, -0.1) is 0 Å². The third-order valence-electron chi connectivity index (χ3n) is 5.96. The summed E-state index contributed by atoms with van der Waals surface area (Å²) in [6, 6.07) is 15.6. The summed E-state index contributed by atoms with van der Waals surface area (Å²) in [6.07, 6.45) is 1.40. The molecule has 2 aromatic rings. The van der Waals surface area contributed by atoms with Gasteiger partial charge in [0.05, 0.1) is 6.04 Å². The highest BCUT2D eigenvalue weighted by atomic mass is 16.6. The summed E-state index contributed by atoms with van der Waals surface area (Å²) in [5, 5.41) is 9.13. The normalized spacial score (nSPS) is 17.1. The van der Waals surface area contributed by atoms with Crippen molar-refractivity contribution in [3.8, 4) is 0 Å². The number of carbonyl (C=O) groups is 3. The van der Waals surface area contributed by atoms with E-state index in [0.29, 0.717) is 31.5 Å². The number of benzene rings is 2. The minimum Gasteiger partial charge on any atom is -0.444 e. The average Bonchev–Trinajstić information content (AvgIpc) is 2.82. The molecule has 8 nitrogen and oxygen atoms in total. The molecule has 36 heavy (non-hydrogen) atoms. The van der Waals surface area contributed by atoms with E-state index in [0.717, 1.165) is 23.4 Å². The Morgan fingerprint density at radius 3 is 2.33 bits per heavy atom. The second kappa shape index (κ2) is 11.9. The zero-order chi connectivity index (χ0) is 26.3. The third-order valence-corrected chi connectivity index (χ3v) is 5.96. The van der Waals surface area contributed by atoms with Crippen LogP contribution in [0.15, 0.2) is 48.5 Å². The molecule has 0 bridgehead atoms. The second-order valence-corrected chi connectivity index (χ2v) is 10.1. The molecule has 0 unspecified atom stereocenters. The molecular weight excluding hydrogens is 456 g/mol. The van der Waals surface area contributed by atoms with Crippen molar-refractivity contribution in [2.75, 3.05) is 23.3 Å². The molecule has 1 heterocycles. The molecule has 3 rings (SSSR count). The van der Waals surface area contributed by atoms with E-state index in [9.17, 15) is 14.4 Å². The number of amides is 3. The van der Waals surface area contributed by atoms with Crippen LogP contribution in [0.2, 0.25) is 0 Å². The molecular formula is C28H38N4O4. The van der Waals surface area contributed by atoms with Crippen molar-refractivity contribution in [2.24, 2.45) is 0 Å². The molecule has 2 atom stereocenters. The maximum Gasteiger partial charge on any atom is 0.407 e. The van der Waals surface area contributed by atoms with Gasteiger partial charge in [-0.1, -0.05) is 25.1 Å². The summed E-state index contributed by atoms with van der Waals surface area (Å²) in [5.74, 6) is -0.0337. The monoisotopic (exact) mass is 494 g/mol. The first-order chi connectivity index (χ1) is 17.1. The van der Waals surface area contributed by atoms with E-state index in [4.69, 9.17) is 4.74 Å². The highest BCUT2D eigenvalue weighted by Crippen LogP contribution is 2.39. The Kier molecular flexibility index (Phi) is 8.96. The van der Waals surface area contributed by atoms with Crippen molar-refractivity contribution in [3.63, 3.8) is 0 Å². The number of carbonyl (C=O) groups excluding carboxylic acids is 3. The van der Waals surface area contributed by atoms with E-state index in [-0.39, 0.29) is 23.9 Å². The van der Waals surface area contributed by atoms with Gasteiger partial charge in [-0.05, 0) is 76.4 Å². The first-order valence-electron chi connectivity index (χ1n) is 12.6. The zero-order valence-corrected chi connectivity index (χ0v) is 21.9. The van der Waals surface area contributed by atoms with Gasteiger partial charge in [0, 0.05) is 42.5 Å². The molecule has 1 aliphatic rings. The van der Waals surface area contributed by atoms with Crippen LogP contribution in [0.25, 0.3) is 0 Å². The van der Waals surface area contributed by atoms with Gasteiger partial charge < -0.3 is 25.6 Å². The van der Waals surface area contributed by atoms with Gasteiger partial charge in [-0.2, -0.15) is 0 Å². The van der Waals surface area contributed by atoms with Crippen molar-refractivity contribution in [1.82, 2.24) is 10.6 Å². The molecule has 0 aromatic heterocycles. The van der Waals surface area contributed by atoms with Crippen LogP contribution >= 0.6 is 0 Å². The number of rotatable bonds is 8. The fourth-order valence-electron chi connectivity index (χ4n) is 4.32. The fraction of sp³-hybridized carbons (Fsp3) is 0.464. The van der Waals surface area contributed by atoms with Crippen LogP contribution in [0.4, 0.5) is 16.2 Å². The Balaban J connectivity index is 1.52. The van der Waals surface area contributed by atoms with Crippen molar-refractivity contribution < 1.29 is 19.1 Å². The molecule has 1 aliphatic heterocycles. The summed E-state index contributed by atoms with van der Waals surface area (Å²) in [6.45, 7) is 10.3. The lowest BCUT2D eigenvalue weighted by Crippen LogP contribution is -2.44. The van der Waals surface area contributed by atoms with Crippen LogP contribution in [0, 0.1) is 0 Å². The molecule has 0 saturated heterocycles. The Labute approximate surface area is 213 Å². The van der Waals surface area contributed by atoms with Gasteiger partial charge in [0.15, 0.2) is 0 Å². The van der Waals surface area contributed by atoms with Gasteiger partial charge in [-0.25, -0.2) is 4.79 Å². The smallest absolute Gasteiger partial charge is 0.407 e. The highest BCUT2D eigenvalue weighted by Gasteiger charge is 2.32. The summed E-state index contributed by atoms with van der Waals surface area (Å²) in [4.78, 5) is 38.6. The number of hydrogen-bond acceptors (Lipinski definition) is 5. The molecule has 0 spiro atoms. The lowest BCUT2D eigenvalue weighted by Gasteiger charge is -2.40.